The summed E-state index contributed by atoms with van der Waals surface area (Å²) in [4.78, 5) is 83.1. The molecule has 4 bridgehead atoms. The summed E-state index contributed by atoms with van der Waals surface area (Å²) >= 11 is 0. The van der Waals surface area contributed by atoms with Crippen molar-refractivity contribution in [3.63, 3.8) is 0 Å². The van der Waals surface area contributed by atoms with Crippen molar-refractivity contribution in [1.29, 1.82) is 0 Å². The first-order chi connectivity index (χ1) is 32.4. The molecule has 13 nitrogen and oxygen atoms in total. The van der Waals surface area contributed by atoms with E-state index in [0.717, 1.165) is 36.0 Å². The number of likely N-dealkylation sites (N-methyl/N-ethyl adjacent to an activating group) is 1. The molecule has 5 rings (SSSR count). The molecule has 0 spiro atoms. The van der Waals surface area contributed by atoms with Crippen molar-refractivity contribution in [2.75, 3.05) is 26.8 Å². The quantitative estimate of drug-likeness (QED) is 0.0609. The van der Waals surface area contributed by atoms with Gasteiger partial charge in [0.05, 0.1) is 13.2 Å². The number of alkyl carbamates (subject to hydrolysis) is 1. The van der Waals surface area contributed by atoms with E-state index in [1.165, 1.54) is 10.5 Å². The number of aryl methyl sites for hydroxylation is 1. The zero-order valence-corrected chi connectivity index (χ0v) is 41.1. The summed E-state index contributed by atoms with van der Waals surface area (Å²) in [6, 6.07) is 24.8. The number of hydrogen-bond acceptors (Lipinski definition) is 9. The van der Waals surface area contributed by atoms with Gasteiger partial charge in [0.2, 0.25) is 17.7 Å². The number of hydrogen-bond donors (Lipinski definition) is 3. The lowest BCUT2D eigenvalue weighted by molar-refractivity contribution is -0.142. The number of nitrogens with one attached hydrogen (secondary N) is 2. The van der Waals surface area contributed by atoms with Gasteiger partial charge in [0.15, 0.2) is 11.6 Å². The molecule has 13 heteroatoms. The van der Waals surface area contributed by atoms with Gasteiger partial charge in [0.1, 0.15) is 29.7 Å². The number of Topliss-reactive ketones (excluding diaryl/α,β-unsaturated/α-hetero) is 2. The maximum atomic E-state index is 14.7. The number of ketones is 2. The number of carbonyl (C=O) groups is 6. The number of fused-ring (bicyclic) bond motifs is 5. The smallest absolute Gasteiger partial charge is 0.407 e. The van der Waals surface area contributed by atoms with Gasteiger partial charge in [-0.3, -0.25) is 24.0 Å². The predicted octanol–water partition coefficient (Wildman–Crippen LogP) is 9.37. The lowest BCUT2D eigenvalue weighted by Crippen LogP contribution is -2.44. The van der Waals surface area contributed by atoms with Gasteiger partial charge in [-0.1, -0.05) is 94.8 Å². The Morgan fingerprint density at radius 1 is 0.824 bits per heavy atom. The van der Waals surface area contributed by atoms with Crippen LogP contribution in [0.5, 0.6) is 11.5 Å². The fraction of sp³-hybridized carbons (Fsp3) is 0.455. The van der Waals surface area contributed by atoms with Crippen LogP contribution in [0.3, 0.4) is 0 Å². The molecule has 4 amide bonds. The third-order valence-corrected chi connectivity index (χ3v) is 12.0. The first-order valence-electron chi connectivity index (χ1n) is 24.0. The number of amides is 4. The van der Waals surface area contributed by atoms with Gasteiger partial charge < -0.3 is 35.5 Å². The summed E-state index contributed by atoms with van der Waals surface area (Å²) in [7, 11) is 1.56. The number of primary amides is 1. The van der Waals surface area contributed by atoms with E-state index in [4.69, 9.17) is 19.9 Å². The number of unbranched alkanes of at least 4 members (excludes halogenated alkanes) is 1. The topological polar surface area (TPSA) is 183 Å². The molecule has 68 heavy (non-hydrogen) atoms. The second kappa shape index (κ2) is 24.5. The Morgan fingerprint density at radius 2 is 1.46 bits per heavy atom. The molecular formula is C55H70N4O9. The highest BCUT2D eigenvalue weighted by Crippen LogP contribution is 2.41. The van der Waals surface area contributed by atoms with Crippen LogP contribution in [0.25, 0.3) is 22.3 Å². The monoisotopic (exact) mass is 931 g/mol. The Morgan fingerprint density at radius 3 is 2.07 bits per heavy atom. The highest BCUT2D eigenvalue weighted by atomic mass is 16.6. The summed E-state index contributed by atoms with van der Waals surface area (Å²) in [6.45, 7) is 13.5. The second-order valence-electron chi connectivity index (χ2n) is 18.8. The normalized spacial score (nSPS) is 16.7. The van der Waals surface area contributed by atoms with Crippen molar-refractivity contribution in [2.24, 2.45) is 17.6 Å². The summed E-state index contributed by atoms with van der Waals surface area (Å²) in [5, 5.41) is 5.66. The number of nitrogens with two attached hydrogens (primary N) is 1. The van der Waals surface area contributed by atoms with Gasteiger partial charge in [0.25, 0.3) is 0 Å². The van der Waals surface area contributed by atoms with E-state index in [1.54, 1.807) is 65.1 Å². The van der Waals surface area contributed by atoms with Crippen LogP contribution in [-0.4, -0.2) is 78.7 Å². The average molecular weight is 931 g/mol. The van der Waals surface area contributed by atoms with E-state index in [-0.39, 0.29) is 44.6 Å². The number of nitrogens with zero attached hydrogens (tertiary/aromatic N) is 1. The molecule has 4 N–H and O–H groups in total. The van der Waals surface area contributed by atoms with Crippen LogP contribution >= 0.6 is 0 Å². The van der Waals surface area contributed by atoms with Gasteiger partial charge in [-0.05, 0) is 105 Å². The molecule has 0 aliphatic carbocycles. The Kier molecular flexibility index (Phi) is 18.9. The minimum atomic E-state index is -1.16. The maximum Gasteiger partial charge on any atom is 0.407 e. The van der Waals surface area contributed by atoms with Crippen LogP contribution in [0, 0.1) is 11.8 Å². The van der Waals surface area contributed by atoms with E-state index >= 15 is 0 Å². The van der Waals surface area contributed by atoms with Gasteiger partial charge >= 0.3 is 6.09 Å². The zero-order chi connectivity index (χ0) is 49.5. The van der Waals surface area contributed by atoms with E-state index in [9.17, 15) is 28.8 Å². The molecule has 364 valence electrons. The van der Waals surface area contributed by atoms with Crippen molar-refractivity contribution < 1.29 is 43.0 Å². The highest BCUT2D eigenvalue weighted by Gasteiger charge is 2.35. The molecule has 4 aromatic carbocycles. The third kappa shape index (κ3) is 14.7. The molecule has 0 saturated heterocycles. The lowest BCUT2D eigenvalue weighted by Gasteiger charge is -2.32. The van der Waals surface area contributed by atoms with Crippen LogP contribution in [0.15, 0.2) is 84.9 Å². The number of ether oxygens (including phenoxy) is 3. The van der Waals surface area contributed by atoms with Crippen LogP contribution < -0.4 is 25.8 Å². The van der Waals surface area contributed by atoms with Crippen molar-refractivity contribution in [2.45, 2.75) is 124 Å². The number of carbonyl (C=O) groups excluding carboxylic acids is 6. The fourth-order valence-electron chi connectivity index (χ4n) is 8.37. The zero-order valence-electron chi connectivity index (χ0n) is 41.1. The van der Waals surface area contributed by atoms with Crippen LogP contribution in [0.2, 0.25) is 0 Å². The van der Waals surface area contributed by atoms with Gasteiger partial charge in [-0.2, -0.15) is 0 Å². The van der Waals surface area contributed by atoms with Gasteiger partial charge in [-0.25, -0.2) is 4.79 Å². The first-order valence-corrected chi connectivity index (χ1v) is 24.0. The van der Waals surface area contributed by atoms with Gasteiger partial charge in [-0.15, -0.1) is 0 Å². The van der Waals surface area contributed by atoms with E-state index in [0.29, 0.717) is 53.2 Å². The Balaban J connectivity index is 1.50. The van der Waals surface area contributed by atoms with Crippen molar-refractivity contribution in [3.05, 3.63) is 107 Å². The summed E-state index contributed by atoms with van der Waals surface area (Å²) < 4.78 is 18.0. The van der Waals surface area contributed by atoms with Crippen LogP contribution in [-0.2, 0) is 36.8 Å². The Labute approximate surface area is 401 Å². The summed E-state index contributed by atoms with van der Waals surface area (Å²) in [6.07, 6.45) is 3.55. The van der Waals surface area contributed by atoms with Crippen molar-refractivity contribution >= 4 is 35.4 Å². The van der Waals surface area contributed by atoms with E-state index < -0.39 is 59.1 Å². The SMILES string of the molecule is CCCCc1ccc(-c2ccc(C(=O)C[C@@H](CC)C(=O)N(C)[C@@H]3C(=O)C[C@@H](C)C(=O)N[C@H](CC(N)=O)Cc4ccc(OCCNC(=O)OC(C)(C)C)c(c4)-c4cc3ccc4OCCC)cc2)cc1. The molecule has 0 fully saturated rings. The maximum absolute atomic E-state index is 14.7. The molecule has 0 radical (unpaired) electrons. The highest BCUT2D eigenvalue weighted by molar-refractivity contribution is 6.00. The molecule has 0 unspecified atom stereocenters. The van der Waals surface area contributed by atoms with E-state index in [2.05, 4.69) is 41.8 Å². The van der Waals surface area contributed by atoms with Gasteiger partial charge in [0, 0.05) is 60.9 Å². The minimum Gasteiger partial charge on any atom is -0.493 e. The molecule has 0 saturated carbocycles. The second-order valence-corrected chi connectivity index (χ2v) is 18.8. The lowest BCUT2D eigenvalue weighted by atomic mass is 9.88. The summed E-state index contributed by atoms with van der Waals surface area (Å²) in [5.74, 6) is -2.68. The fourth-order valence-corrected chi connectivity index (χ4v) is 8.37. The average Bonchev–Trinajstić information content (AvgIpc) is 3.30. The third-order valence-electron chi connectivity index (χ3n) is 12.0. The molecule has 1 aliphatic heterocycles. The Hall–Kier alpha value is -6.50. The van der Waals surface area contributed by atoms with Crippen molar-refractivity contribution in [3.8, 4) is 33.8 Å². The van der Waals surface area contributed by atoms with Crippen LogP contribution in [0.1, 0.15) is 127 Å². The standard InChI is InChI=1S/C55H70N4O9/c1-9-12-13-36-14-17-39(18-15-36)40-19-21-41(22-20-40)46(60)33-38(11-3)53(64)59(8)51-42-23-25-49(66-27-10-2)45(32-42)44-31-37(16-24-48(44)67-28-26-57-54(65)68-55(5,6)7)30-43(34-50(56)62)58-52(63)35(4)29-47(51)61/h14-25,31-32,35,38,43,51H,9-13,26-30,33-34H2,1-8H3,(H2,56,62)(H,57,65)(H,58,63)/t35-,38-,43+,51+/m1/s1. The Bertz CT molecular complexity index is 2390. The first kappa shape index (κ1) is 52.5. The minimum absolute atomic E-state index is 0.0707. The molecular weight excluding hydrogens is 861 g/mol. The van der Waals surface area contributed by atoms with Crippen molar-refractivity contribution in [1.82, 2.24) is 15.5 Å². The number of rotatable bonds is 19. The van der Waals surface area contributed by atoms with Crippen LogP contribution in [0.4, 0.5) is 4.79 Å². The molecule has 1 aliphatic rings. The molecule has 4 aromatic rings. The molecule has 1 heterocycles. The number of benzene rings is 4. The van der Waals surface area contributed by atoms with E-state index in [1.807, 2.05) is 44.2 Å². The molecule has 4 atom stereocenters. The predicted molar refractivity (Wildman–Crippen MR) is 264 cm³/mol. The molecule has 0 aromatic heterocycles. The largest absolute Gasteiger partial charge is 0.493 e. The summed E-state index contributed by atoms with van der Waals surface area (Å²) in [5.41, 5.74) is 11.2.